The molecule has 0 fully saturated rings. The molecular formula is C13H6F5NO2. The summed E-state index contributed by atoms with van der Waals surface area (Å²) in [6.07, 6.45) is 0. The number of benzene rings is 2. The Morgan fingerprint density at radius 1 is 0.762 bits per heavy atom. The van der Waals surface area contributed by atoms with Gasteiger partial charge in [0.05, 0.1) is 16.9 Å². The summed E-state index contributed by atoms with van der Waals surface area (Å²) in [6.45, 7) is 0. The maximum atomic E-state index is 13.4. The Hall–Kier alpha value is -2.64. The van der Waals surface area contributed by atoms with Gasteiger partial charge in [-0.2, -0.15) is 0 Å². The van der Waals surface area contributed by atoms with Crippen LogP contribution in [0.3, 0.4) is 0 Å². The summed E-state index contributed by atoms with van der Waals surface area (Å²) in [4.78, 5) is 10.9. The molecule has 0 amide bonds. The lowest BCUT2D eigenvalue weighted by molar-refractivity contribution is 0.0697. The van der Waals surface area contributed by atoms with E-state index in [2.05, 4.69) is 5.32 Å². The van der Waals surface area contributed by atoms with Gasteiger partial charge in [-0.1, -0.05) is 0 Å². The number of halogens is 5. The van der Waals surface area contributed by atoms with E-state index in [0.29, 0.717) is 18.2 Å². The molecule has 0 aliphatic carbocycles. The molecule has 0 unspecified atom stereocenters. The van der Waals surface area contributed by atoms with Crippen molar-refractivity contribution in [1.82, 2.24) is 0 Å². The zero-order valence-electron chi connectivity index (χ0n) is 10.1. The second kappa shape index (κ2) is 5.39. The lowest BCUT2D eigenvalue weighted by Gasteiger charge is -2.11. The van der Waals surface area contributed by atoms with E-state index in [1.807, 2.05) is 0 Å². The second-order valence-electron chi connectivity index (χ2n) is 3.99. The van der Waals surface area contributed by atoms with Crippen LogP contribution in [0.25, 0.3) is 0 Å². The predicted molar refractivity (Wildman–Crippen MR) is 62.9 cm³/mol. The van der Waals surface area contributed by atoms with Gasteiger partial charge in [0.1, 0.15) is 5.82 Å². The first kappa shape index (κ1) is 14.8. The van der Waals surface area contributed by atoms with Crippen molar-refractivity contribution in [2.75, 3.05) is 5.32 Å². The van der Waals surface area contributed by atoms with Crippen LogP contribution in [0.2, 0.25) is 0 Å². The second-order valence-corrected chi connectivity index (χ2v) is 3.99. The summed E-state index contributed by atoms with van der Waals surface area (Å²) in [6, 6.07) is 1.52. The topological polar surface area (TPSA) is 49.3 Å². The average molecular weight is 303 g/mol. The van der Waals surface area contributed by atoms with Crippen LogP contribution in [-0.4, -0.2) is 11.1 Å². The van der Waals surface area contributed by atoms with Crippen LogP contribution in [0, 0.1) is 29.1 Å². The van der Waals surface area contributed by atoms with Gasteiger partial charge in [0.25, 0.3) is 0 Å². The number of aromatic carboxylic acids is 1. The number of carbonyl (C=O) groups is 1. The van der Waals surface area contributed by atoms with E-state index in [4.69, 9.17) is 5.11 Å². The molecular weight excluding hydrogens is 297 g/mol. The van der Waals surface area contributed by atoms with Gasteiger partial charge in [0.2, 0.25) is 0 Å². The first-order chi connectivity index (χ1) is 9.79. The molecule has 3 nitrogen and oxygen atoms in total. The van der Waals surface area contributed by atoms with Crippen LogP contribution in [-0.2, 0) is 0 Å². The zero-order valence-corrected chi connectivity index (χ0v) is 10.1. The standard InChI is InChI=1S/C13H6F5NO2/c14-6-1-5(13(20)21)11(3-8(6)16)19-12-4-9(17)7(15)2-10(12)18/h1-4,19H,(H,20,21). The van der Waals surface area contributed by atoms with Gasteiger partial charge in [-0.3, -0.25) is 0 Å². The SMILES string of the molecule is O=C(O)c1cc(F)c(F)cc1Nc1cc(F)c(F)cc1F. The first-order valence-electron chi connectivity index (χ1n) is 5.43. The summed E-state index contributed by atoms with van der Waals surface area (Å²) in [5.41, 5.74) is -1.83. The van der Waals surface area contributed by atoms with Crippen LogP contribution in [0.15, 0.2) is 24.3 Å². The van der Waals surface area contributed by atoms with E-state index >= 15 is 0 Å². The van der Waals surface area contributed by atoms with Crippen molar-refractivity contribution in [3.8, 4) is 0 Å². The molecule has 0 aromatic heterocycles. The molecule has 2 rings (SSSR count). The number of hydrogen-bond acceptors (Lipinski definition) is 2. The highest BCUT2D eigenvalue weighted by Crippen LogP contribution is 2.27. The van der Waals surface area contributed by atoms with Crippen molar-refractivity contribution in [3.63, 3.8) is 0 Å². The molecule has 8 heteroatoms. The minimum absolute atomic E-state index is 0.234. The Morgan fingerprint density at radius 2 is 1.24 bits per heavy atom. The minimum Gasteiger partial charge on any atom is -0.478 e. The van der Waals surface area contributed by atoms with Crippen LogP contribution >= 0.6 is 0 Å². The molecule has 2 N–H and O–H groups in total. The van der Waals surface area contributed by atoms with Gasteiger partial charge in [0.15, 0.2) is 23.3 Å². The summed E-state index contributed by atoms with van der Waals surface area (Å²) in [5, 5.41) is 11.0. The number of nitrogens with one attached hydrogen (secondary N) is 1. The molecule has 0 radical (unpaired) electrons. The van der Waals surface area contributed by atoms with Crippen molar-refractivity contribution in [2.24, 2.45) is 0 Å². The largest absolute Gasteiger partial charge is 0.478 e. The van der Waals surface area contributed by atoms with Gasteiger partial charge in [-0.15, -0.1) is 0 Å². The van der Waals surface area contributed by atoms with Gasteiger partial charge < -0.3 is 10.4 Å². The molecule has 0 saturated carbocycles. The molecule has 0 spiro atoms. The minimum atomic E-state index is -1.61. The van der Waals surface area contributed by atoms with Crippen molar-refractivity contribution in [1.29, 1.82) is 0 Å². The summed E-state index contributed by atoms with van der Waals surface area (Å²) in [5.74, 6) is -8.47. The molecule has 2 aromatic carbocycles. The molecule has 0 bridgehead atoms. The number of carboxylic acid groups (broad SMARTS) is 1. The molecule has 0 aliphatic rings. The Kier molecular flexibility index (Phi) is 3.79. The Bertz CT molecular complexity index is 733. The fourth-order valence-electron chi connectivity index (χ4n) is 1.59. The average Bonchev–Trinajstić information content (AvgIpc) is 2.39. The van der Waals surface area contributed by atoms with Crippen LogP contribution in [0.1, 0.15) is 10.4 Å². The molecule has 21 heavy (non-hydrogen) atoms. The monoisotopic (exact) mass is 303 g/mol. The molecule has 0 saturated heterocycles. The lowest BCUT2D eigenvalue weighted by Crippen LogP contribution is -2.06. The molecule has 2 aromatic rings. The maximum absolute atomic E-state index is 13.4. The van der Waals surface area contributed by atoms with Gasteiger partial charge in [-0.05, 0) is 6.07 Å². The number of carboxylic acids is 1. The van der Waals surface area contributed by atoms with Crippen molar-refractivity contribution in [3.05, 3.63) is 58.9 Å². The highest BCUT2D eigenvalue weighted by atomic mass is 19.2. The zero-order chi connectivity index (χ0) is 15.7. The summed E-state index contributed by atoms with van der Waals surface area (Å²) in [7, 11) is 0. The van der Waals surface area contributed by atoms with E-state index in [9.17, 15) is 26.7 Å². The van der Waals surface area contributed by atoms with E-state index < -0.39 is 52.0 Å². The van der Waals surface area contributed by atoms with Crippen molar-refractivity contribution < 1.29 is 31.9 Å². The predicted octanol–water partition coefficient (Wildman–Crippen LogP) is 3.82. The Balaban J connectivity index is 2.51. The number of anilines is 2. The Labute approximate surface area is 114 Å². The molecule has 0 atom stereocenters. The fourth-order valence-corrected chi connectivity index (χ4v) is 1.59. The third kappa shape index (κ3) is 2.93. The van der Waals surface area contributed by atoms with E-state index in [1.165, 1.54) is 0 Å². The third-order valence-electron chi connectivity index (χ3n) is 2.57. The van der Waals surface area contributed by atoms with Crippen LogP contribution in [0.4, 0.5) is 33.3 Å². The van der Waals surface area contributed by atoms with E-state index in [1.54, 1.807) is 0 Å². The smallest absolute Gasteiger partial charge is 0.337 e. The third-order valence-corrected chi connectivity index (χ3v) is 2.57. The molecule has 0 heterocycles. The van der Waals surface area contributed by atoms with Crippen LogP contribution in [0.5, 0.6) is 0 Å². The van der Waals surface area contributed by atoms with Gasteiger partial charge >= 0.3 is 5.97 Å². The molecule has 0 aliphatic heterocycles. The van der Waals surface area contributed by atoms with Gasteiger partial charge in [-0.25, -0.2) is 26.7 Å². The van der Waals surface area contributed by atoms with Crippen molar-refractivity contribution >= 4 is 17.3 Å². The maximum Gasteiger partial charge on any atom is 0.337 e. The van der Waals surface area contributed by atoms with Crippen LogP contribution < -0.4 is 5.32 Å². The normalized spacial score (nSPS) is 10.5. The Morgan fingerprint density at radius 3 is 1.81 bits per heavy atom. The number of rotatable bonds is 3. The van der Waals surface area contributed by atoms with E-state index in [0.717, 1.165) is 0 Å². The first-order valence-corrected chi connectivity index (χ1v) is 5.43. The number of hydrogen-bond donors (Lipinski definition) is 2. The fraction of sp³-hybridized carbons (Fsp3) is 0. The van der Waals surface area contributed by atoms with Gasteiger partial charge in [0, 0.05) is 18.2 Å². The summed E-state index contributed by atoms with van der Waals surface area (Å²) >= 11 is 0. The quantitative estimate of drug-likeness (QED) is 0.669. The van der Waals surface area contributed by atoms with Crippen molar-refractivity contribution in [2.45, 2.75) is 0 Å². The molecule has 110 valence electrons. The summed E-state index contributed by atoms with van der Waals surface area (Å²) < 4.78 is 65.4. The van der Waals surface area contributed by atoms with E-state index in [-0.39, 0.29) is 6.07 Å². The lowest BCUT2D eigenvalue weighted by atomic mass is 10.1. The highest BCUT2D eigenvalue weighted by molar-refractivity contribution is 5.95. The highest BCUT2D eigenvalue weighted by Gasteiger charge is 2.17.